The van der Waals surface area contributed by atoms with Crippen molar-refractivity contribution in [3.63, 3.8) is 0 Å². The van der Waals surface area contributed by atoms with Crippen LogP contribution in [0.4, 0.5) is 4.39 Å². The number of hydrogen-bond donors (Lipinski definition) is 1. The van der Waals surface area contributed by atoms with E-state index < -0.39 is 0 Å². The maximum absolute atomic E-state index is 13.3. The van der Waals surface area contributed by atoms with E-state index in [1.54, 1.807) is 18.2 Å². The maximum atomic E-state index is 13.3. The van der Waals surface area contributed by atoms with Crippen molar-refractivity contribution in [2.75, 3.05) is 0 Å². The van der Waals surface area contributed by atoms with Crippen LogP contribution in [-0.2, 0) is 11.3 Å². The molecule has 1 aliphatic carbocycles. The van der Waals surface area contributed by atoms with Crippen LogP contribution in [0.5, 0.6) is 0 Å². The van der Waals surface area contributed by atoms with E-state index in [4.69, 9.17) is 0 Å². The lowest BCUT2D eigenvalue weighted by Gasteiger charge is -2.27. The molecule has 1 saturated carbocycles. The second kappa shape index (κ2) is 8.07. The highest BCUT2D eigenvalue weighted by molar-refractivity contribution is 5.97. The van der Waals surface area contributed by atoms with E-state index in [9.17, 15) is 14.0 Å². The third-order valence-electron chi connectivity index (χ3n) is 5.57. The highest BCUT2D eigenvalue weighted by Crippen LogP contribution is 2.27. The Morgan fingerprint density at radius 3 is 2.37 bits per heavy atom. The summed E-state index contributed by atoms with van der Waals surface area (Å²) >= 11 is 0. The summed E-state index contributed by atoms with van der Waals surface area (Å²) in [7, 11) is 0. The summed E-state index contributed by atoms with van der Waals surface area (Å²) < 4.78 is 15.1. The molecule has 5 heteroatoms. The minimum atomic E-state index is -0.315. The number of hydrogen-bond acceptors (Lipinski definition) is 2. The van der Waals surface area contributed by atoms with Gasteiger partial charge in [-0.05, 0) is 81.3 Å². The average Bonchev–Trinajstić information content (AvgIpc) is 2.94. The van der Waals surface area contributed by atoms with Crippen molar-refractivity contribution < 1.29 is 14.0 Å². The summed E-state index contributed by atoms with van der Waals surface area (Å²) in [4.78, 5) is 24.6. The Bertz CT molecular complexity index is 831. The zero-order chi connectivity index (χ0) is 19.6. The molecule has 0 spiro atoms. The molecular weight excluding hydrogens is 343 g/mol. The van der Waals surface area contributed by atoms with E-state index in [0.717, 1.165) is 48.6 Å². The summed E-state index contributed by atoms with van der Waals surface area (Å²) in [6.07, 6.45) is 4.31. The number of benzene rings is 1. The number of aromatic nitrogens is 1. The van der Waals surface area contributed by atoms with Crippen LogP contribution >= 0.6 is 0 Å². The molecule has 144 valence electrons. The van der Waals surface area contributed by atoms with Crippen LogP contribution in [0.1, 0.15) is 55.6 Å². The zero-order valence-electron chi connectivity index (χ0n) is 16.2. The maximum Gasteiger partial charge on any atom is 0.240 e. The van der Waals surface area contributed by atoms with Gasteiger partial charge in [-0.2, -0.15) is 0 Å². The van der Waals surface area contributed by atoms with Crippen molar-refractivity contribution in [1.29, 1.82) is 0 Å². The van der Waals surface area contributed by atoms with Gasteiger partial charge in [0.15, 0.2) is 5.78 Å². The Morgan fingerprint density at radius 2 is 1.78 bits per heavy atom. The molecule has 1 amide bonds. The monoisotopic (exact) mass is 370 g/mol. The van der Waals surface area contributed by atoms with Crippen molar-refractivity contribution in [2.24, 2.45) is 5.92 Å². The van der Waals surface area contributed by atoms with Crippen molar-refractivity contribution in [3.05, 3.63) is 47.4 Å². The number of ketones is 1. The topological polar surface area (TPSA) is 51.1 Å². The van der Waals surface area contributed by atoms with Gasteiger partial charge >= 0.3 is 0 Å². The molecule has 1 aromatic heterocycles. The van der Waals surface area contributed by atoms with Crippen LogP contribution in [0.25, 0.3) is 11.3 Å². The number of carbonyl (C=O) groups excluding carboxylic acids is 2. The molecule has 0 bridgehead atoms. The Morgan fingerprint density at radius 1 is 1.15 bits per heavy atom. The van der Waals surface area contributed by atoms with Gasteiger partial charge in [0.25, 0.3) is 0 Å². The van der Waals surface area contributed by atoms with Gasteiger partial charge in [-0.15, -0.1) is 0 Å². The summed E-state index contributed by atoms with van der Waals surface area (Å²) in [6, 6.07) is 8.14. The highest BCUT2D eigenvalue weighted by Gasteiger charge is 2.22. The predicted molar refractivity (Wildman–Crippen MR) is 104 cm³/mol. The molecule has 1 fully saturated rings. The van der Waals surface area contributed by atoms with Gasteiger partial charge in [-0.3, -0.25) is 9.59 Å². The van der Waals surface area contributed by atoms with Crippen LogP contribution in [0.15, 0.2) is 30.3 Å². The molecule has 3 rings (SSSR count). The van der Waals surface area contributed by atoms with Crippen LogP contribution in [0, 0.1) is 18.7 Å². The molecule has 4 nitrogen and oxygen atoms in total. The molecule has 0 unspecified atom stereocenters. The zero-order valence-corrected chi connectivity index (χ0v) is 16.2. The number of rotatable bonds is 5. The number of halogens is 1. The first kappa shape index (κ1) is 19.3. The third kappa shape index (κ3) is 4.46. The normalized spacial score (nSPS) is 19.7. The molecule has 1 aliphatic rings. The summed E-state index contributed by atoms with van der Waals surface area (Å²) in [6.45, 7) is 5.76. The minimum absolute atomic E-state index is 0.0451. The van der Waals surface area contributed by atoms with E-state index in [-0.39, 0.29) is 30.1 Å². The van der Waals surface area contributed by atoms with E-state index in [0.29, 0.717) is 5.56 Å². The highest BCUT2D eigenvalue weighted by atomic mass is 19.1. The van der Waals surface area contributed by atoms with Gasteiger partial charge in [0, 0.05) is 23.0 Å². The number of carbonyl (C=O) groups is 2. The minimum Gasteiger partial charge on any atom is -0.352 e. The van der Waals surface area contributed by atoms with E-state index in [2.05, 4.69) is 12.2 Å². The SMILES string of the molecule is CC(=O)c1cc(-c2ccc(F)cc2)n(CC(=O)NC2CCC(C)CC2)c1C. The van der Waals surface area contributed by atoms with E-state index in [1.807, 2.05) is 11.5 Å². The fourth-order valence-electron chi connectivity index (χ4n) is 3.89. The molecule has 1 heterocycles. The van der Waals surface area contributed by atoms with Crippen molar-refractivity contribution in [1.82, 2.24) is 9.88 Å². The molecular formula is C22H27FN2O2. The van der Waals surface area contributed by atoms with Gasteiger partial charge in [-0.1, -0.05) is 6.92 Å². The predicted octanol–water partition coefficient (Wildman–Crippen LogP) is 4.50. The Kier molecular flexibility index (Phi) is 5.78. The number of nitrogens with zero attached hydrogens (tertiary/aromatic N) is 1. The Balaban J connectivity index is 1.83. The Hall–Kier alpha value is -2.43. The second-order valence-electron chi connectivity index (χ2n) is 7.70. The first-order valence-electron chi connectivity index (χ1n) is 9.61. The quantitative estimate of drug-likeness (QED) is 0.788. The standard InChI is InChI=1S/C22H27FN2O2/c1-14-4-10-19(11-5-14)24-22(27)13-25-15(2)20(16(3)26)12-21(25)17-6-8-18(23)9-7-17/h6-9,12,14,19H,4-5,10-11,13H2,1-3H3,(H,24,27). The second-order valence-corrected chi connectivity index (χ2v) is 7.70. The molecule has 0 atom stereocenters. The summed E-state index contributed by atoms with van der Waals surface area (Å²) in [5.74, 6) is 0.320. The molecule has 1 aromatic carbocycles. The van der Waals surface area contributed by atoms with Gasteiger partial charge in [0.2, 0.25) is 5.91 Å². The summed E-state index contributed by atoms with van der Waals surface area (Å²) in [5, 5.41) is 3.14. The van der Waals surface area contributed by atoms with Crippen LogP contribution in [-0.4, -0.2) is 22.3 Å². The average molecular weight is 370 g/mol. The molecule has 0 saturated heterocycles. The Labute approximate surface area is 159 Å². The van der Waals surface area contributed by atoms with Gasteiger partial charge in [-0.25, -0.2) is 4.39 Å². The van der Waals surface area contributed by atoms with E-state index >= 15 is 0 Å². The van der Waals surface area contributed by atoms with Gasteiger partial charge in [0.1, 0.15) is 12.4 Å². The molecule has 0 radical (unpaired) electrons. The number of nitrogens with one attached hydrogen (secondary N) is 1. The van der Waals surface area contributed by atoms with Crippen LogP contribution < -0.4 is 5.32 Å². The summed E-state index contributed by atoms with van der Waals surface area (Å²) in [5.41, 5.74) is 2.89. The van der Waals surface area contributed by atoms with Crippen molar-refractivity contribution >= 4 is 11.7 Å². The van der Waals surface area contributed by atoms with E-state index in [1.165, 1.54) is 19.1 Å². The van der Waals surface area contributed by atoms with Gasteiger partial charge in [0.05, 0.1) is 0 Å². The largest absolute Gasteiger partial charge is 0.352 e. The fraction of sp³-hybridized carbons (Fsp3) is 0.455. The molecule has 0 aliphatic heterocycles. The lowest BCUT2D eigenvalue weighted by atomic mass is 9.87. The number of Topliss-reactive ketones (excluding diaryl/α,β-unsaturated/α-hetero) is 1. The third-order valence-corrected chi connectivity index (χ3v) is 5.57. The lowest BCUT2D eigenvalue weighted by molar-refractivity contribution is -0.122. The van der Waals surface area contributed by atoms with Crippen molar-refractivity contribution in [3.8, 4) is 11.3 Å². The lowest BCUT2D eigenvalue weighted by Crippen LogP contribution is -2.39. The first-order valence-corrected chi connectivity index (χ1v) is 9.61. The number of amides is 1. The molecule has 27 heavy (non-hydrogen) atoms. The van der Waals surface area contributed by atoms with Crippen molar-refractivity contribution in [2.45, 2.75) is 59.0 Å². The fourth-order valence-corrected chi connectivity index (χ4v) is 3.89. The molecule has 2 aromatic rings. The molecule has 1 N–H and O–H groups in total. The van der Waals surface area contributed by atoms with Gasteiger partial charge < -0.3 is 9.88 Å². The van der Waals surface area contributed by atoms with Crippen LogP contribution in [0.2, 0.25) is 0 Å². The first-order chi connectivity index (χ1) is 12.8. The van der Waals surface area contributed by atoms with Crippen LogP contribution in [0.3, 0.4) is 0 Å². The smallest absolute Gasteiger partial charge is 0.240 e.